The molecule has 0 aliphatic heterocycles. The molecule has 0 aliphatic carbocycles. The molecule has 7 heteroatoms. The SMILES string of the molecule is Cc1ccc(/C=N\NC(=O)CN(c2ccccc2)S(C)(=O)=O)c(C)c1C. The lowest BCUT2D eigenvalue weighted by Gasteiger charge is -2.21. The second-order valence-electron chi connectivity index (χ2n) is 6.12. The highest BCUT2D eigenvalue weighted by atomic mass is 32.2. The van der Waals surface area contributed by atoms with E-state index in [0.717, 1.165) is 21.7 Å². The Morgan fingerprint density at radius 2 is 1.73 bits per heavy atom. The van der Waals surface area contributed by atoms with Gasteiger partial charge in [-0.15, -0.1) is 0 Å². The van der Waals surface area contributed by atoms with Crippen molar-refractivity contribution in [3.8, 4) is 0 Å². The van der Waals surface area contributed by atoms with E-state index in [1.165, 1.54) is 11.1 Å². The molecule has 2 rings (SSSR count). The van der Waals surface area contributed by atoms with Crippen molar-refractivity contribution in [2.24, 2.45) is 5.10 Å². The molecule has 0 atom stereocenters. The molecule has 2 aromatic rings. The second kappa shape index (κ2) is 8.14. The van der Waals surface area contributed by atoms with Crippen molar-refractivity contribution in [2.75, 3.05) is 17.1 Å². The fourth-order valence-electron chi connectivity index (χ4n) is 2.45. The molecule has 0 bridgehead atoms. The topological polar surface area (TPSA) is 78.8 Å². The smallest absolute Gasteiger partial charge is 0.260 e. The molecule has 0 aromatic heterocycles. The maximum absolute atomic E-state index is 12.1. The van der Waals surface area contributed by atoms with Gasteiger partial charge in [-0.05, 0) is 55.2 Å². The van der Waals surface area contributed by atoms with Crippen molar-refractivity contribution < 1.29 is 13.2 Å². The van der Waals surface area contributed by atoms with Gasteiger partial charge in [0.25, 0.3) is 5.91 Å². The molecule has 6 nitrogen and oxygen atoms in total. The van der Waals surface area contributed by atoms with Crippen molar-refractivity contribution in [3.05, 3.63) is 64.7 Å². The van der Waals surface area contributed by atoms with Crippen molar-refractivity contribution >= 4 is 27.8 Å². The van der Waals surface area contributed by atoms with Crippen molar-refractivity contribution in [1.29, 1.82) is 0 Å². The monoisotopic (exact) mass is 373 g/mol. The van der Waals surface area contributed by atoms with Crippen molar-refractivity contribution in [1.82, 2.24) is 5.43 Å². The number of para-hydroxylation sites is 1. The van der Waals surface area contributed by atoms with E-state index in [-0.39, 0.29) is 6.54 Å². The molecule has 1 N–H and O–H groups in total. The van der Waals surface area contributed by atoms with Gasteiger partial charge in [0.05, 0.1) is 18.2 Å². The molecule has 2 aromatic carbocycles. The van der Waals surface area contributed by atoms with E-state index in [4.69, 9.17) is 0 Å². The van der Waals surface area contributed by atoms with E-state index in [1.807, 2.05) is 32.9 Å². The van der Waals surface area contributed by atoms with Gasteiger partial charge >= 0.3 is 0 Å². The lowest BCUT2D eigenvalue weighted by Crippen LogP contribution is -2.38. The Balaban J connectivity index is 2.09. The number of sulfonamides is 1. The fourth-order valence-corrected chi connectivity index (χ4v) is 3.31. The first kappa shape index (κ1) is 19.7. The first-order valence-electron chi connectivity index (χ1n) is 8.11. The first-order valence-corrected chi connectivity index (χ1v) is 9.96. The maximum atomic E-state index is 12.1. The van der Waals surface area contributed by atoms with E-state index in [1.54, 1.807) is 36.5 Å². The van der Waals surface area contributed by atoms with E-state index >= 15 is 0 Å². The number of rotatable bonds is 6. The third kappa shape index (κ3) is 4.92. The molecule has 0 saturated heterocycles. The second-order valence-corrected chi connectivity index (χ2v) is 8.03. The van der Waals surface area contributed by atoms with Crippen LogP contribution in [-0.4, -0.2) is 33.3 Å². The summed E-state index contributed by atoms with van der Waals surface area (Å²) in [6.07, 6.45) is 2.63. The van der Waals surface area contributed by atoms with E-state index in [0.29, 0.717) is 5.69 Å². The van der Waals surface area contributed by atoms with Gasteiger partial charge in [0.15, 0.2) is 0 Å². The normalized spacial score (nSPS) is 11.5. The van der Waals surface area contributed by atoms with Crippen LogP contribution in [0.4, 0.5) is 5.69 Å². The third-order valence-electron chi connectivity index (χ3n) is 4.22. The molecular weight excluding hydrogens is 350 g/mol. The highest BCUT2D eigenvalue weighted by molar-refractivity contribution is 7.92. The van der Waals surface area contributed by atoms with Crippen LogP contribution in [0, 0.1) is 20.8 Å². The predicted octanol–water partition coefficient (Wildman–Crippen LogP) is 2.53. The highest BCUT2D eigenvalue weighted by Gasteiger charge is 2.20. The van der Waals surface area contributed by atoms with Crippen LogP contribution in [0.3, 0.4) is 0 Å². The number of anilines is 1. The fraction of sp³-hybridized carbons (Fsp3) is 0.263. The number of nitrogens with zero attached hydrogens (tertiary/aromatic N) is 2. The summed E-state index contributed by atoms with van der Waals surface area (Å²) in [6, 6.07) is 12.4. The van der Waals surface area contributed by atoms with E-state index in [9.17, 15) is 13.2 Å². The number of carbonyl (C=O) groups excluding carboxylic acids is 1. The van der Waals surface area contributed by atoms with E-state index < -0.39 is 15.9 Å². The van der Waals surface area contributed by atoms with E-state index in [2.05, 4.69) is 10.5 Å². The van der Waals surface area contributed by atoms with Gasteiger partial charge in [0.1, 0.15) is 6.54 Å². The lowest BCUT2D eigenvalue weighted by atomic mass is 10.00. The molecule has 138 valence electrons. The Hall–Kier alpha value is -2.67. The largest absolute Gasteiger partial charge is 0.271 e. The summed E-state index contributed by atoms with van der Waals surface area (Å²) in [5.74, 6) is -0.517. The summed E-state index contributed by atoms with van der Waals surface area (Å²) >= 11 is 0. The molecule has 0 heterocycles. The van der Waals surface area contributed by atoms with Gasteiger partial charge in [-0.3, -0.25) is 9.10 Å². The summed E-state index contributed by atoms with van der Waals surface area (Å²) < 4.78 is 25.0. The molecule has 0 spiro atoms. The summed E-state index contributed by atoms with van der Waals surface area (Å²) in [7, 11) is -3.59. The van der Waals surface area contributed by atoms with Crippen LogP contribution >= 0.6 is 0 Å². The van der Waals surface area contributed by atoms with Crippen LogP contribution in [0.5, 0.6) is 0 Å². The van der Waals surface area contributed by atoms with Crippen LogP contribution in [0.15, 0.2) is 47.6 Å². The Morgan fingerprint density at radius 3 is 2.35 bits per heavy atom. The Labute approximate surface area is 154 Å². The first-order chi connectivity index (χ1) is 12.2. The van der Waals surface area contributed by atoms with Crippen LogP contribution in [0.1, 0.15) is 22.3 Å². The van der Waals surface area contributed by atoms with Crippen LogP contribution in [0.2, 0.25) is 0 Å². The molecule has 0 fully saturated rings. The molecular formula is C19H23N3O3S. The standard InChI is InChI=1S/C19H23N3O3S/c1-14-10-11-17(16(3)15(14)2)12-20-21-19(23)13-22(26(4,24)25)18-8-6-5-7-9-18/h5-12H,13H2,1-4H3,(H,21,23)/b20-12-. The minimum atomic E-state index is -3.59. The zero-order valence-corrected chi connectivity index (χ0v) is 16.2. The van der Waals surface area contributed by atoms with Crippen LogP contribution in [0.25, 0.3) is 0 Å². The van der Waals surface area contributed by atoms with Crippen molar-refractivity contribution in [3.63, 3.8) is 0 Å². The zero-order valence-electron chi connectivity index (χ0n) is 15.4. The average Bonchev–Trinajstić information content (AvgIpc) is 2.59. The molecule has 26 heavy (non-hydrogen) atoms. The maximum Gasteiger partial charge on any atom is 0.260 e. The number of carbonyl (C=O) groups is 1. The van der Waals surface area contributed by atoms with Gasteiger partial charge in [0, 0.05) is 0 Å². The van der Waals surface area contributed by atoms with Gasteiger partial charge in [-0.1, -0.05) is 30.3 Å². The molecule has 0 unspecified atom stereocenters. The number of amides is 1. The number of hydrogen-bond donors (Lipinski definition) is 1. The van der Waals surface area contributed by atoms with Gasteiger partial charge in [-0.25, -0.2) is 13.8 Å². The number of hydrazone groups is 1. The Kier molecular flexibility index (Phi) is 6.15. The summed E-state index contributed by atoms with van der Waals surface area (Å²) in [5.41, 5.74) is 7.17. The minimum Gasteiger partial charge on any atom is -0.271 e. The summed E-state index contributed by atoms with van der Waals surface area (Å²) in [6.45, 7) is 5.72. The van der Waals surface area contributed by atoms with Gasteiger partial charge in [0.2, 0.25) is 10.0 Å². The van der Waals surface area contributed by atoms with Gasteiger partial charge < -0.3 is 0 Å². The predicted molar refractivity (Wildman–Crippen MR) is 105 cm³/mol. The summed E-state index contributed by atoms with van der Waals surface area (Å²) in [5, 5.41) is 3.96. The number of benzene rings is 2. The average molecular weight is 373 g/mol. The highest BCUT2D eigenvalue weighted by Crippen LogP contribution is 2.16. The third-order valence-corrected chi connectivity index (χ3v) is 5.37. The van der Waals surface area contributed by atoms with Gasteiger partial charge in [-0.2, -0.15) is 5.10 Å². The minimum absolute atomic E-state index is 0.341. The number of aryl methyl sites for hydroxylation is 1. The molecule has 0 saturated carbocycles. The number of hydrogen-bond acceptors (Lipinski definition) is 4. The Bertz CT molecular complexity index is 923. The van der Waals surface area contributed by atoms with Crippen LogP contribution < -0.4 is 9.73 Å². The van der Waals surface area contributed by atoms with Crippen LogP contribution in [-0.2, 0) is 14.8 Å². The number of nitrogens with one attached hydrogen (secondary N) is 1. The zero-order chi connectivity index (χ0) is 19.3. The Morgan fingerprint density at radius 1 is 1.08 bits per heavy atom. The quantitative estimate of drug-likeness (QED) is 0.624. The molecule has 1 amide bonds. The summed E-state index contributed by atoms with van der Waals surface area (Å²) in [4.78, 5) is 12.1. The lowest BCUT2D eigenvalue weighted by molar-refractivity contribution is -0.119. The molecule has 0 radical (unpaired) electrons. The molecule has 0 aliphatic rings. The van der Waals surface area contributed by atoms with Crippen molar-refractivity contribution in [2.45, 2.75) is 20.8 Å².